The van der Waals surface area contributed by atoms with Crippen LogP contribution < -0.4 is 0 Å². The van der Waals surface area contributed by atoms with Gasteiger partial charge in [0.05, 0.1) is 0 Å². The molecule has 0 aromatic rings. The van der Waals surface area contributed by atoms with Gasteiger partial charge in [-0.15, -0.1) is 0 Å². The lowest BCUT2D eigenvalue weighted by molar-refractivity contribution is -0.354. The molecule has 61 valence electrons. The molecule has 0 saturated heterocycles. The lowest BCUT2D eigenvalue weighted by Crippen LogP contribution is -2.33. The minimum Gasteiger partial charge on any atom is -0.283 e. The maximum Gasteiger partial charge on any atom is 0.418 e. The van der Waals surface area contributed by atoms with Crippen LogP contribution in [0.15, 0.2) is 0 Å². The van der Waals surface area contributed by atoms with E-state index in [0.29, 0.717) is 6.92 Å². The van der Waals surface area contributed by atoms with E-state index in [-0.39, 0.29) is 0 Å². The van der Waals surface area contributed by atoms with Gasteiger partial charge in [0, 0.05) is 0 Å². The van der Waals surface area contributed by atoms with E-state index in [1.165, 1.54) is 0 Å². The second-order valence-corrected chi connectivity index (χ2v) is 1.55. The van der Waals surface area contributed by atoms with Crippen LogP contribution in [0.25, 0.3) is 0 Å². The Morgan fingerprint density at radius 2 is 1.80 bits per heavy atom. The Bertz CT molecular complexity index is 103. The van der Waals surface area contributed by atoms with Crippen LogP contribution in [0.5, 0.6) is 0 Å². The molecule has 0 amide bonds. The number of hydrogen-bond donors (Lipinski definition) is 0. The fraction of sp³-hybridized carbons (Fsp3) is 1.00. The molecule has 0 bridgehead atoms. The number of hydrogen-bond acceptors (Lipinski definition) is 1. The summed E-state index contributed by atoms with van der Waals surface area (Å²) in [5, 5.41) is 9.81. The predicted octanol–water partition coefficient (Wildman–Crippen LogP) is 1.64. The van der Waals surface area contributed by atoms with Crippen molar-refractivity contribution in [2.45, 2.75) is 25.7 Å². The van der Waals surface area contributed by atoms with Gasteiger partial charge in [-0.05, 0) is 6.92 Å². The predicted molar refractivity (Wildman–Crippen MR) is 22.2 cm³/mol. The Morgan fingerprint density at radius 3 is 1.90 bits per heavy atom. The summed E-state index contributed by atoms with van der Waals surface area (Å²) >= 11 is 0. The first-order valence-electron chi connectivity index (χ1n) is 2.36. The third-order valence-corrected chi connectivity index (χ3v) is 0.577. The van der Waals surface area contributed by atoms with Gasteiger partial charge in [-0.3, -0.25) is 4.74 Å². The van der Waals surface area contributed by atoms with Crippen LogP contribution in [0.2, 0.25) is 0 Å². The molecule has 0 aromatic heterocycles. The van der Waals surface area contributed by atoms with Gasteiger partial charge in [-0.2, -0.15) is 8.78 Å². The topological polar surface area (TPSA) is 29.1 Å². The van der Waals surface area contributed by atoms with Crippen molar-refractivity contribution in [3.63, 3.8) is 0 Å². The smallest absolute Gasteiger partial charge is 0.283 e. The molecule has 0 saturated carbocycles. The summed E-state index contributed by atoms with van der Waals surface area (Å²) in [6.45, 7) is 0.705. The van der Waals surface area contributed by atoms with Gasteiger partial charge in [0.25, 0.3) is 0 Å². The van der Waals surface area contributed by atoms with E-state index < -0.39 is 18.8 Å². The number of ether oxygens (including phenoxy) is 1. The molecule has 0 aromatic carbocycles. The Labute approximate surface area is 54.4 Å². The number of alkyl halides is 4. The van der Waals surface area contributed by atoms with E-state index in [9.17, 15) is 22.7 Å². The fourth-order valence-corrected chi connectivity index (χ4v) is 0.273. The van der Waals surface area contributed by atoms with Crippen LogP contribution in [-0.4, -0.2) is 18.8 Å². The molecule has 0 rings (SSSR count). The Morgan fingerprint density at radius 1 is 1.40 bits per heavy atom. The Hall–Kier alpha value is -0.360. The standard InChI is InChI=1S/C4H5F4O2/c1-2(9)10-4(7,8)3(5)6/h2-3H,1H3. The maximum atomic E-state index is 11.6. The van der Waals surface area contributed by atoms with E-state index in [2.05, 4.69) is 4.74 Å². The Balaban J connectivity index is 3.87. The van der Waals surface area contributed by atoms with Gasteiger partial charge in [-0.1, -0.05) is 0 Å². The van der Waals surface area contributed by atoms with Gasteiger partial charge in [0.15, 0.2) is 6.29 Å². The highest BCUT2D eigenvalue weighted by Gasteiger charge is 2.43. The quantitative estimate of drug-likeness (QED) is 0.457. The molecule has 0 aliphatic heterocycles. The molecule has 0 aliphatic carbocycles. The third-order valence-electron chi connectivity index (χ3n) is 0.577. The van der Waals surface area contributed by atoms with Crippen LogP contribution in [-0.2, 0) is 9.84 Å². The molecule has 0 heterocycles. The molecule has 1 radical (unpaired) electrons. The summed E-state index contributed by atoms with van der Waals surface area (Å²) < 4.78 is 48.6. The second-order valence-electron chi connectivity index (χ2n) is 1.55. The molecular weight excluding hydrogens is 156 g/mol. The zero-order valence-electron chi connectivity index (χ0n) is 4.98. The van der Waals surface area contributed by atoms with Crippen molar-refractivity contribution >= 4 is 0 Å². The largest absolute Gasteiger partial charge is 0.418 e. The fourth-order valence-electron chi connectivity index (χ4n) is 0.273. The first-order valence-corrected chi connectivity index (χ1v) is 2.36. The van der Waals surface area contributed by atoms with E-state index in [4.69, 9.17) is 0 Å². The first kappa shape index (κ1) is 9.64. The van der Waals surface area contributed by atoms with Gasteiger partial charge < -0.3 is 0 Å². The van der Waals surface area contributed by atoms with E-state index in [1.807, 2.05) is 0 Å². The summed E-state index contributed by atoms with van der Waals surface area (Å²) in [6.07, 6.45) is -10.7. The first-order chi connectivity index (χ1) is 4.36. The molecule has 2 nitrogen and oxygen atoms in total. The molecule has 0 aliphatic rings. The minimum absolute atomic E-state index is 0.705. The zero-order valence-corrected chi connectivity index (χ0v) is 4.98. The van der Waals surface area contributed by atoms with Crippen molar-refractivity contribution in [1.82, 2.24) is 0 Å². The van der Waals surface area contributed by atoms with Crippen molar-refractivity contribution in [1.29, 1.82) is 0 Å². The average molecular weight is 161 g/mol. The van der Waals surface area contributed by atoms with Crippen LogP contribution >= 0.6 is 0 Å². The molecule has 1 unspecified atom stereocenters. The van der Waals surface area contributed by atoms with Crippen molar-refractivity contribution < 1.29 is 27.4 Å². The molecule has 0 fully saturated rings. The number of rotatable bonds is 3. The molecular formula is C4H5F4O2. The lowest BCUT2D eigenvalue weighted by Gasteiger charge is -2.15. The highest BCUT2D eigenvalue weighted by Crippen LogP contribution is 2.24. The zero-order chi connectivity index (χ0) is 8.36. The molecule has 6 heteroatoms. The SMILES string of the molecule is CC([O])OC(F)(F)C(F)F. The molecule has 0 N–H and O–H groups in total. The third kappa shape index (κ3) is 2.98. The minimum atomic E-state index is -4.62. The molecule has 1 atom stereocenters. The van der Waals surface area contributed by atoms with Crippen molar-refractivity contribution in [3.8, 4) is 0 Å². The second kappa shape index (κ2) is 3.16. The summed E-state index contributed by atoms with van der Waals surface area (Å²) in [5.74, 6) is 0. The van der Waals surface area contributed by atoms with Crippen LogP contribution in [0.1, 0.15) is 6.92 Å². The van der Waals surface area contributed by atoms with E-state index in [0.717, 1.165) is 0 Å². The van der Waals surface area contributed by atoms with Crippen molar-refractivity contribution in [3.05, 3.63) is 0 Å². The van der Waals surface area contributed by atoms with Crippen LogP contribution in [0, 0.1) is 0 Å². The van der Waals surface area contributed by atoms with Crippen LogP contribution in [0.4, 0.5) is 17.6 Å². The maximum absolute atomic E-state index is 11.6. The van der Waals surface area contributed by atoms with Gasteiger partial charge in [0.1, 0.15) is 0 Å². The lowest BCUT2D eigenvalue weighted by atomic mass is 10.6. The summed E-state index contributed by atoms with van der Waals surface area (Å²) in [7, 11) is 0. The summed E-state index contributed by atoms with van der Waals surface area (Å²) in [4.78, 5) is 0. The van der Waals surface area contributed by atoms with E-state index >= 15 is 0 Å². The summed E-state index contributed by atoms with van der Waals surface area (Å²) in [5.41, 5.74) is 0. The Kier molecular flexibility index (Phi) is 3.04. The summed E-state index contributed by atoms with van der Waals surface area (Å²) in [6, 6.07) is 0. The normalized spacial score (nSPS) is 15.9. The van der Waals surface area contributed by atoms with Gasteiger partial charge in [0.2, 0.25) is 0 Å². The van der Waals surface area contributed by atoms with E-state index in [1.54, 1.807) is 0 Å². The van der Waals surface area contributed by atoms with Gasteiger partial charge in [-0.25, -0.2) is 13.9 Å². The number of halogens is 4. The van der Waals surface area contributed by atoms with Crippen LogP contribution in [0.3, 0.4) is 0 Å². The molecule has 10 heavy (non-hydrogen) atoms. The monoisotopic (exact) mass is 161 g/mol. The van der Waals surface area contributed by atoms with Gasteiger partial charge >= 0.3 is 12.5 Å². The van der Waals surface area contributed by atoms with Crippen molar-refractivity contribution in [2.24, 2.45) is 0 Å². The average Bonchev–Trinajstić information content (AvgIpc) is 1.60. The van der Waals surface area contributed by atoms with Crippen molar-refractivity contribution in [2.75, 3.05) is 0 Å². The highest BCUT2D eigenvalue weighted by molar-refractivity contribution is 4.54. The molecule has 0 spiro atoms. The highest BCUT2D eigenvalue weighted by atomic mass is 19.3.